The number of amides is 2. The van der Waals surface area contributed by atoms with Gasteiger partial charge >= 0.3 is 5.97 Å². The smallest absolute Gasteiger partial charge is 0.335 e. The lowest BCUT2D eigenvalue weighted by molar-refractivity contribution is -0.129. The monoisotopic (exact) mass is 594 g/mol. The van der Waals surface area contributed by atoms with Crippen LogP contribution in [0.2, 0.25) is 5.02 Å². The Labute approximate surface area is 246 Å². The van der Waals surface area contributed by atoms with Crippen molar-refractivity contribution in [3.8, 4) is 17.2 Å². The number of benzene rings is 3. The molecule has 0 unspecified atom stereocenters. The number of carboxylic acid groups (broad SMARTS) is 1. The van der Waals surface area contributed by atoms with Crippen LogP contribution >= 0.6 is 11.6 Å². The van der Waals surface area contributed by atoms with Crippen LogP contribution in [0.5, 0.6) is 0 Å². The standard InChI is InChI=1S/C31H29ClF2N4O4/c1-3-38-15-13-31(18-35,14-16-38)37-29(42)30(2,26-24(33)5-4-6-25(26)34)36-27(39)20-9-7-19(8-10-20)22-17-21(28(40)41)11-12-23(22)32/h4-12,17H,3,13-16H2,1-2H3,(H,36,39)(H,37,42)(H,40,41)/t30-/m0/s1. The van der Waals surface area contributed by atoms with Crippen LogP contribution in [0.1, 0.15) is 53.0 Å². The maximum atomic E-state index is 15.1. The highest BCUT2D eigenvalue weighted by Crippen LogP contribution is 2.32. The summed E-state index contributed by atoms with van der Waals surface area (Å²) in [6.07, 6.45) is 0.611. The normalized spacial score (nSPS) is 16.1. The fraction of sp³-hybridized carbons (Fsp3) is 0.290. The summed E-state index contributed by atoms with van der Waals surface area (Å²) in [6.45, 7) is 5.05. The van der Waals surface area contributed by atoms with Crippen LogP contribution in [-0.4, -0.2) is 53.0 Å². The molecular formula is C31H29ClF2N4O4. The number of halogens is 3. The summed E-state index contributed by atoms with van der Waals surface area (Å²) in [5.41, 5.74) is -3.12. The largest absolute Gasteiger partial charge is 0.478 e. The molecule has 1 saturated heterocycles. The molecule has 4 rings (SSSR count). The lowest BCUT2D eigenvalue weighted by atomic mass is 9.84. The number of hydrogen-bond donors (Lipinski definition) is 3. The van der Waals surface area contributed by atoms with E-state index in [-0.39, 0.29) is 11.1 Å². The zero-order chi connectivity index (χ0) is 30.7. The van der Waals surface area contributed by atoms with Gasteiger partial charge in [-0.05, 0) is 74.3 Å². The van der Waals surface area contributed by atoms with E-state index in [1.165, 1.54) is 49.4 Å². The number of likely N-dealkylation sites (tertiary alicyclic amines) is 1. The summed E-state index contributed by atoms with van der Waals surface area (Å²) >= 11 is 6.26. The lowest BCUT2D eigenvalue weighted by Gasteiger charge is -2.40. The molecular weight excluding hydrogens is 566 g/mol. The van der Waals surface area contributed by atoms with E-state index in [1.54, 1.807) is 0 Å². The summed E-state index contributed by atoms with van der Waals surface area (Å²) in [6, 6.07) is 15.4. The zero-order valence-corrected chi connectivity index (χ0v) is 23.8. The third kappa shape index (κ3) is 6.12. The van der Waals surface area contributed by atoms with Gasteiger partial charge in [-0.15, -0.1) is 0 Å². The fourth-order valence-electron chi connectivity index (χ4n) is 5.05. The van der Waals surface area contributed by atoms with Crippen molar-refractivity contribution in [1.82, 2.24) is 15.5 Å². The van der Waals surface area contributed by atoms with Crippen LogP contribution in [0.15, 0.2) is 60.7 Å². The molecule has 2 amide bonds. The first-order valence-electron chi connectivity index (χ1n) is 13.3. The Hall–Kier alpha value is -4.33. The van der Waals surface area contributed by atoms with E-state index in [0.717, 1.165) is 24.7 Å². The van der Waals surface area contributed by atoms with E-state index in [9.17, 15) is 24.8 Å². The lowest BCUT2D eigenvalue weighted by Crippen LogP contribution is -2.62. The van der Waals surface area contributed by atoms with Gasteiger partial charge < -0.3 is 20.6 Å². The number of carbonyl (C=O) groups is 3. The highest BCUT2D eigenvalue weighted by molar-refractivity contribution is 6.33. The molecule has 1 aliphatic heterocycles. The van der Waals surface area contributed by atoms with Crippen molar-refractivity contribution in [2.45, 2.75) is 37.8 Å². The van der Waals surface area contributed by atoms with Crippen LogP contribution < -0.4 is 10.6 Å². The number of rotatable bonds is 8. The predicted molar refractivity (Wildman–Crippen MR) is 153 cm³/mol. The molecule has 3 aromatic carbocycles. The van der Waals surface area contributed by atoms with Gasteiger partial charge in [0.25, 0.3) is 11.8 Å². The molecule has 42 heavy (non-hydrogen) atoms. The van der Waals surface area contributed by atoms with E-state index >= 15 is 8.78 Å². The van der Waals surface area contributed by atoms with Gasteiger partial charge in [0.05, 0.1) is 17.2 Å². The number of piperidine rings is 1. The molecule has 0 bridgehead atoms. The van der Waals surface area contributed by atoms with Crippen molar-refractivity contribution in [1.29, 1.82) is 5.26 Å². The second-order valence-corrected chi connectivity index (χ2v) is 10.7. The van der Waals surface area contributed by atoms with Crippen LogP contribution in [0, 0.1) is 23.0 Å². The van der Waals surface area contributed by atoms with Crippen LogP contribution in [0.3, 0.4) is 0 Å². The Morgan fingerprint density at radius 2 is 1.64 bits per heavy atom. The van der Waals surface area contributed by atoms with E-state index in [1.807, 2.05) is 6.92 Å². The third-order valence-electron chi connectivity index (χ3n) is 7.68. The molecule has 218 valence electrons. The van der Waals surface area contributed by atoms with Crippen molar-refractivity contribution in [2.75, 3.05) is 19.6 Å². The van der Waals surface area contributed by atoms with E-state index in [0.29, 0.717) is 42.1 Å². The molecule has 3 N–H and O–H groups in total. The van der Waals surface area contributed by atoms with Gasteiger partial charge in [0, 0.05) is 29.2 Å². The van der Waals surface area contributed by atoms with Gasteiger partial charge in [0.1, 0.15) is 22.7 Å². The average Bonchev–Trinajstić information content (AvgIpc) is 2.97. The molecule has 3 aromatic rings. The fourth-order valence-corrected chi connectivity index (χ4v) is 5.27. The van der Waals surface area contributed by atoms with Crippen molar-refractivity contribution >= 4 is 29.4 Å². The number of aromatic carboxylic acids is 1. The summed E-state index contributed by atoms with van der Waals surface area (Å²) in [5.74, 6) is -4.94. The Balaban J connectivity index is 1.66. The van der Waals surface area contributed by atoms with E-state index in [2.05, 4.69) is 21.6 Å². The number of nitriles is 1. The highest BCUT2D eigenvalue weighted by atomic mass is 35.5. The molecule has 1 fully saturated rings. The molecule has 0 radical (unpaired) electrons. The number of carbonyl (C=O) groups excluding carboxylic acids is 2. The molecule has 0 saturated carbocycles. The van der Waals surface area contributed by atoms with Gasteiger partial charge in [0.2, 0.25) is 0 Å². The number of carboxylic acids is 1. The molecule has 0 aromatic heterocycles. The van der Waals surface area contributed by atoms with Crippen molar-refractivity contribution in [3.63, 3.8) is 0 Å². The highest BCUT2D eigenvalue weighted by Gasteiger charge is 2.46. The van der Waals surface area contributed by atoms with Crippen LogP contribution in [0.25, 0.3) is 11.1 Å². The average molecular weight is 595 g/mol. The first-order valence-corrected chi connectivity index (χ1v) is 13.7. The Kier molecular flexibility index (Phi) is 8.95. The summed E-state index contributed by atoms with van der Waals surface area (Å²) in [7, 11) is 0. The molecule has 1 aliphatic rings. The van der Waals surface area contributed by atoms with Crippen LogP contribution in [-0.2, 0) is 10.3 Å². The van der Waals surface area contributed by atoms with E-state index < -0.39 is 46.1 Å². The first-order chi connectivity index (χ1) is 19.9. The SMILES string of the molecule is CCN1CCC(C#N)(NC(=O)[C@@](C)(NC(=O)c2ccc(-c3cc(C(=O)O)ccc3Cl)cc2)c2c(F)cccc2F)CC1. The maximum absolute atomic E-state index is 15.1. The molecule has 1 heterocycles. The number of hydrogen-bond acceptors (Lipinski definition) is 5. The topological polar surface area (TPSA) is 123 Å². The van der Waals surface area contributed by atoms with Gasteiger partial charge in [-0.3, -0.25) is 9.59 Å². The molecule has 0 spiro atoms. The Bertz CT molecular complexity index is 1550. The Morgan fingerprint density at radius 1 is 1.05 bits per heavy atom. The quantitative estimate of drug-likeness (QED) is 0.333. The van der Waals surface area contributed by atoms with Gasteiger partial charge in [-0.2, -0.15) is 5.26 Å². The van der Waals surface area contributed by atoms with Crippen LogP contribution in [0.4, 0.5) is 8.78 Å². The first kappa shape index (κ1) is 30.6. The number of nitrogens with one attached hydrogen (secondary N) is 2. The van der Waals surface area contributed by atoms with Crippen molar-refractivity contribution in [2.24, 2.45) is 0 Å². The molecule has 0 aliphatic carbocycles. The second kappa shape index (κ2) is 12.3. The summed E-state index contributed by atoms with van der Waals surface area (Å²) in [4.78, 5) is 40.7. The maximum Gasteiger partial charge on any atom is 0.335 e. The second-order valence-electron chi connectivity index (χ2n) is 10.3. The summed E-state index contributed by atoms with van der Waals surface area (Å²) < 4.78 is 30.2. The molecule has 8 nitrogen and oxygen atoms in total. The minimum atomic E-state index is -2.23. The van der Waals surface area contributed by atoms with Gasteiger partial charge in [0.15, 0.2) is 0 Å². The Morgan fingerprint density at radius 3 is 2.19 bits per heavy atom. The summed E-state index contributed by atoms with van der Waals surface area (Å²) in [5, 5.41) is 24.8. The minimum absolute atomic E-state index is 0.0282. The zero-order valence-electron chi connectivity index (χ0n) is 23.0. The van der Waals surface area contributed by atoms with Gasteiger partial charge in [-0.25, -0.2) is 13.6 Å². The third-order valence-corrected chi connectivity index (χ3v) is 8.01. The van der Waals surface area contributed by atoms with Crippen molar-refractivity contribution < 1.29 is 28.3 Å². The predicted octanol–water partition coefficient (Wildman–Crippen LogP) is 5.12. The number of nitrogens with zero attached hydrogens (tertiary/aromatic N) is 2. The van der Waals surface area contributed by atoms with Gasteiger partial charge in [-0.1, -0.05) is 36.7 Å². The van der Waals surface area contributed by atoms with Crippen molar-refractivity contribution in [3.05, 3.63) is 94.0 Å². The molecule has 1 atom stereocenters. The minimum Gasteiger partial charge on any atom is -0.478 e. The molecule has 11 heteroatoms. The van der Waals surface area contributed by atoms with E-state index in [4.69, 9.17) is 11.6 Å².